The Morgan fingerprint density at radius 2 is 1.49 bits per heavy atom. The molecule has 0 heterocycles. The molecule has 1 amide bonds. The number of hydrogen-bond acceptors (Lipinski definition) is 5. The Bertz CT molecular complexity index is 1420. The Hall–Kier alpha value is -4.78. The van der Waals surface area contributed by atoms with Crippen LogP contribution in [-0.4, -0.2) is 36.9 Å². The average molecular weight is 524 g/mol. The number of carboxylic acids is 1. The predicted octanol–water partition coefficient (Wildman–Crippen LogP) is 5.81. The quantitative estimate of drug-likeness (QED) is 0.273. The van der Waals surface area contributed by atoms with Crippen LogP contribution < -0.4 is 14.8 Å². The molecule has 0 saturated heterocycles. The van der Waals surface area contributed by atoms with E-state index in [0.29, 0.717) is 17.1 Å². The maximum Gasteiger partial charge on any atom is 0.407 e. The highest BCUT2D eigenvalue weighted by molar-refractivity contribution is 5.81. The zero-order valence-electron chi connectivity index (χ0n) is 21.5. The first kappa shape index (κ1) is 25.9. The van der Waals surface area contributed by atoms with Gasteiger partial charge in [-0.05, 0) is 33.9 Å². The fourth-order valence-corrected chi connectivity index (χ4v) is 4.98. The number of ether oxygens (including phenoxy) is 3. The van der Waals surface area contributed by atoms with Crippen molar-refractivity contribution in [3.05, 3.63) is 119 Å². The van der Waals surface area contributed by atoms with Crippen molar-refractivity contribution in [1.29, 1.82) is 0 Å². The molecule has 0 radical (unpaired) electrons. The lowest BCUT2D eigenvalue weighted by atomic mass is 9.98. The first-order chi connectivity index (χ1) is 19.0. The zero-order valence-corrected chi connectivity index (χ0v) is 21.5. The Labute approximate surface area is 227 Å². The van der Waals surface area contributed by atoms with Gasteiger partial charge in [-0.1, -0.05) is 91.0 Å². The smallest absolute Gasteiger partial charge is 0.407 e. The molecule has 1 aliphatic rings. The van der Waals surface area contributed by atoms with E-state index in [9.17, 15) is 14.7 Å². The molecule has 5 rings (SSSR count). The van der Waals surface area contributed by atoms with E-state index in [1.807, 2.05) is 66.7 Å². The van der Waals surface area contributed by atoms with Gasteiger partial charge in [0, 0.05) is 17.9 Å². The van der Waals surface area contributed by atoms with E-state index in [1.165, 1.54) is 7.11 Å². The summed E-state index contributed by atoms with van der Waals surface area (Å²) in [6.07, 6.45) is -0.806. The van der Waals surface area contributed by atoms with Crippen LogP contribution in [0.25, 0.3) is 11.1 Å². The number of fused-ring (bicyclic) bond motifs is 3. The molecule has 0 fully saturated rings. The van der Waals surface area contributed by atoms with Crippen LogP contribution in [0.5, 0.6) is 11.5 Å². The maximum atomic E-state index is 12.8. The van der Waals surface area contributed by atoms with Crippen molar-refractivity contribution in [2.24, 2.45) is 0 Å². The Kier molecular flexibility index (Phi) is 7.78. The van der Waals surface area contributed by atoms with E-state index in [4.69, 9.17) is 14.2 Å². The number of para-hydroxylation sites is 1. The molecule has 1 unspecified atom stereocenters. The van der Waals surface area contributed by atoms with Crippen LogP contribution in [0.3, 0.4) is 0 Å². The van der Waals surface area contributed by atoms with Gasteiger partial charge in [-0.25, -0.2) is 9.59 Å². The van der Waals surface area contributed by atoms with E-state index in [1.54, 1.807) is 18.2 Å². The van der Waals surface area contributed by atoms with Crippen LogP contribution in [0.2, 0.25) is 0 Å². The van der Waals surface area contributed by atoms with Crippen molar-refractivity contribution in [3.8, 4) is 22.6 Å². The summed E-state index contributed by atoms with van der Waals surface area (Å²) in [4.78, 5) is 24.9. The number of amides is 1. The van der Waals surface area contributed by atoms with Gasteiger partial charge in [-0.3, -0.25) is 0 Å². The molecule has 0 aliphatic heterocycles. The molecule has 0 spiro atoms. The zero-order chi connectivity index (χ0) is 27.2. The number of hydrogen-bond donors (Lipinski definition) is 2. The molecule has 0 aromatic heterocycles. The summed E-state index contributed by atoms with van der Waals surface area (Å²) >= 11 is 0. The minimum absolute atomic E-state index is 0.0130. The first-order valence-electron chi connectivity index (χ1n) is 12.7. The summed E-state index contributed by atoms with van der Waals surface area (Å²) in [5, 5.41) is 12.4. The third-order valence-electron chi connectivity index (χ3n) is 6.86. The molecule has 198 valence electrons. The SMILES string of the molecule is COc1cccc(CC(NC(=O)OCC2c3ccccc3-c3ccccc32)C(=O)O)c1OCc1ccccc1. The van der Waals surface area contributed by atoms with E-state index < -0.39 is 18.1 Å². The van der Waals surface area contributed by atoms with Gasteiger partial charge in [0.15, 0.2) is 11.5 Å². The van der Waals surface area contributed by atoms with Crippen molar-refractivity contribution in [2.45, 2.75) is 25.0 Å². The highest BCUT2D eigenvalue weighted by atomic mass is 16.5. The summed E-state index contributed by atoms with van der Waals surface area (Å²) in [5.41, 5.74) is 5.95. The van der Waals surface area contributed by atoms with E-state index >= 15 is 0 Å². The minimum atomic E-state index is -1.23. The molecule has 4 aromatic carbocycles. The summed E-state index contributed by atoms with van der Waals surface area (Å²) in [7, 11) is 1.53. The predicted molar refractivity (Wildman–Crippen MR) is 147 cm³/mol. The maximum absolute atomic E-state index is 12.8. The molecular formula is C32H29NO6. The second-order valence-corrected chi connectivity index (χ2v) is 9.29. The van der Waals surface area contributed by atoms with Crippen LogP contribution in [0.4, 0.5) is 4.79 Å². The van der Waals surface area contributed by atoms with Crippen LogP contribution in [0.15, 0.2) is 97.1 Å². The number of nitrogens with one attached hydrogen (secondary N) is 1. The topological polar surface area (TPSA) is 94.1 Å². The molecular weight excluding hydrogens is 494 g/mol. The number of carboxylic acid groups (broad SMARTS) is 1. The number of methoxy groups -OCH3 is 1. The van der Waals surface area contributed by atoms with Crippen LogP contribution in [-0.2, 0) is 22.6 Å². The van der Waals surface area contributed by atoms with Crippen molar-refractivity contribution in [1.82, 2.24) is 5.32 Å². The Morgan fingerprint density at radius 1 is 0.846 bits per heavy atom. The number of aliphatic carboxylic acids is 1. The van der Waals surface area contributed by atoms with Crippen LogP contribution in [0, 0.1) is 0 Å². The Balaban J connectivity index is 1.27. The van der Waals surface area contributed by atoms with E-state index in [2.05, 4.69) is 17.4 Å². The average Bonchev–Trinajstić information content (AvgIpc) is 3.29. The third kappa shape index (κ3) is 5.72. The molecule has 0 saturated carbocycles. The Morgan fingerprint density at radius 3 is 2.13 bits per heavy atom. The van der Waals surface area contributed by atoms with Crippen molar-refractivity contribution < 1.29 is 28.9 Å². The molecule has 7 heteroatoms. The number of alkyl carbamates (subject to hydrolysis) is 1. The normalized spacial score (nSPS) is 12.6. The van der Waals surface area contributed by atoms with Gasteiger partial charge in [-0.15, -0.1) is 0 Å². The van der Waals surface area contributed by atoms with Crippen molar-refractivity contribution in [3.63, 3.8) is 0 Å². The minimum Gasteiger partial charge on any atom is -0.493 e. The fraction of sp³-hybridized carbons (Fsp3) is 0.188. The second kappa shape index (κ2) is 11.7. The van der Waals surface area contributed by atoms with Crippen molar-refractivity contribution >= 4 is 12.1 Å². The first-order valence-corrected chi connectivity index (χ1v) is 12.7. The molecule has 2 N–H and O–H groups in total. The number of benzene rings is 4. The number of carbonyl (C=O) groups excluding carboxylic acids is 1. The molecule has 39 heavy (non-hydrogen) atoms. The second-order valence-electron chi connectivity index (χ2n) is 9.29. The van der Waals surface area contributed by atoms with E-state index in [0.717, 1.165) is 27.8 Å². The molecule has 1 aliphatic carbocycles. The highest BCUT2D eigenvalue weighted by Crippen LogP contribution is 2.44. The summed E-state index contributed by atoms with van der Waals surface area (Å²) < 4.78 is 17.1. The van der Waals surface area contributed by atoms with Crippen LogP contribution in [0.1, 0.15) is 28.2 Å². The van der Waals surface area contributed by atoms with Gasteiger partial charge < -0.3 is 24.6 Å². The number of rotatable bonds is 10. The van der Waals surface area contributed by atoms with Gasteiger partial charge in [-0.2, -0.15) is 0 Å². The lowest BCUT2D eigenvalue weighted by molar-refractivity contribution is -0.139. The van der Waals surface area contributed by atoms with Gasteiger partial charge in [0.25, 0.3) is 0 Å². The fourth-order valence-electron chi connectivity index (χ4n) is 4.98. The summed E-state index contributed by atoms with van der Waals surface area (Å²) in [6.45, 7) is 0.378. The molecule has 0 bridgehead atoms. The standard InChI is InChI=1S/C32H29NO6/c1-37-29-17-9-12-22(30(29)38-19-21-10-3-2-4-11-21)18-28(31(34)35)33-32(36)39-20-27-25-15-7-5-13-23(25)24-14-6-8-16-26(24)27/h2-17,27-28H,18-20H2,1H3,(H,33,36)(H,34,35). The van der Waals surface area contributed by atoms with E-state index in [-0.39, 0.29) is 25.6 Å². The largest absolute Gasteiger partial charge is 0.493 e. The van der Waals surface area contributed by atoms with Crippen molar-refractivity contribution in [2.75, 3.05) is 13.7 Å². The molecule has 4 aromatic rings. The molecule has 7 nitrogen and oxygen atoms in total. The monoisotopic (exact) mass is 523 g/mol. The van der Waals surface area contributed by atoms with Gasteiger partial charge in [0.2, 0.25) is 0 Å². The third-order valence-corrected chi connectivity index (χ3v) is 6.86. The lowest BCUT2D eigenvalue weighted by Crippen LogP contribution is -2.43. The lowest BCUT2D eigenvalue weighted by Gasteiger charge is -2.20. The number of carbonyl (C=O) groups is 2. The summed E-state index contributed by atoms with van der Waals surface area (Å²) in [5.74, 6) is -0.388. The van der Waals surface area contributed by atoms with Gasteiger partial charge in [0.05, 0.1) is 7.11 Å². The summed E-state index contributed by atoms with van der Waals surface area (Å²) in [6, 6.07) is 29.7. The van der Waals surface area contributed by atoms with Gasteiger partial charge in [0.1, 0.15) is 19.3 Å². The highest BCUT2D eigenvalue weighted by Gasteiger charge is 2.30. The van der Waals surface area contributed by atoms with Crippen LogP contribution >= 0.6 is 0 Å². The van der Waals surface area contributed by atoms with Gasteiger partial charge >= 0.3 is 12.1 Å². The molecule has 1 atom stereocenters.